The highest BCUT2D eigenvalue weighted by molar-refractivity contribution is 5.79. The third-order valence-corrected chi connectivity index (χ3v) is 3.15. The molecule has 0 aromatic heterocycles. The molecule has 0 saturated carbocycles. The number of benzene rings is 1. The molecule has 22 heavy (non-hydrogen) atoms. The van der Waals surface area contributed by atoms with Crippen LogP contribution in [0.4, 0.5) is 0 Å². The minimum absolute atomic E-state index is 0.694. The van der Waals surface area contributed by atoms with Crippen LogP contribution in [0.2, 0.25) is 0 Å². The Labute approximate surface area is 134 Å². The Hall–Kier alpha value is -1.75. The second-order valence-corrected chi connectivity index (χ2v) is 4.94. The average molecular weight is 307 g/mol. The molecule has 0 aliphatic carbocycles. The average Bonchev–Trinajstić information content (AvgIpc) is 2.54. The molecule has 0 saturated heterocycles. The van der Waals surface area contributed by atoms with Gasteiger partial charge in [0.2, 0.25) is 0 Å². The highest BCUT2D eigenvalue weighted by atomic mass is 16.5. The van der Waals surface area contributed by atoms with E-state index in [4.69, 9.17) is 9.47 Å². The smallest absolute Gasteiger partial charge is 0.190 e. The quantitative estimate of drug-likeness (QED) is 0.396. The fraction of sp³-hybridized carbons (Fsp3) is 0.588. The summed E-state index contributed by atoms with van der Waals surface area (Å²) in [4.78, 5) is 4.19. The number of hydrogen-bond acceptors (Lipinski definition) is 3. The van der Waals surface area contributed by atoms with Crippen molar-refractivity contribution in [1.29, 1.82) is 0 Å². The van der Waals surface area contributed by atoms with Crippen molar-refractivity contribution in [3.05, 3.63) is 29.8 Å². The Bertz CT molecular complexity index is 436. The van der Waals surface area contributed by atoms with E-state index in [1.807, 2.05) is 25.1 Å². The molecular formula is C17H29N3O2. The van der Waals surface area contributed by atoms with Gasteiger partial charge in [0.25, 0.3) is 0 Å². The van der Waals surface area contributed by atoms with Gasteiger partial charge in [0.05, 0.1) is 6.61 Å². The number of rotatable bonds is 10. The lowest BCUT2D eigenvalue weighted by Gasteiger charge is -2.12. The first kappa shape index (κ1) is 18.3. The molecule has 0 radical (unpaired) electrons. The number of hydrogen-bond donors (Lipinski definition) is 2. The number of nitrogens with zero attached hydrogens (tertiary/aromatic N) is 1. The first-order chi connectivity index (χ1) is 10.8. The van der Waals surface area contributed by atoms with Crippen molar-refractivity contribution < 1.29 is 9.47 Å². The molecule has 0 atom stereocenters. The molecule has 5 heteroatoms. The normalized spacial score (nSPS) is 11.3. The van der Waals surface area contributed by atoms with Crippen LogP contribution in [-0.2, 0) is 4.74 Å². The lowest BCUT2D eigenvalue weighted by molar-refractivity contribution is 0.145. The minimum atomic E-state index is 0.694. The van der Waals surface area contributed by atoms with Crippen LogP contribution in [0.25, 0.3) is 0 Å². The van der Waals surface area contributed by atoms with E-state index in [0.29, 0.717) is 6.61 Å². The summed E-state index contributed by atoms with van der Waals surface area (Å²) in [6.07, 6.45) is 1.90. The van der Waals surface area contributed by atoms with Crippen molar-refractivity contribution in [1.82, 2.24) is 10.6 Å². The van der Waals surface area contributed by atoms with Crippen molar-refractivity contribution in [2.24, 2.45) is 4.99 Å². The van der Waals surface area contributed by atoms with Crippen molar-refractivity contribution in [2.45, 2.75) is 26.7 Å². The molecule has 0 bridgehead atoms. The van der Waals surface area contributed by atoms with Crippen LogP contribution in [0.15, 0.2) is 29.3 Å². The maximum Gasteiger partial charge on any atom is 0.190 e. The summed E-state index contributed by atoms with van der Waals surface area (Å²) >= 11 is 0. The zero-order valence-electron chi connectivity index (χ0n) is 14.0. The third kappa shape index (κ3) is 7.88. The summed E-state index contributed by atoms with van der Waals surface area (Å²) in [6, 6.07) is 8.07. The lowest BCUT2D eigenvalue weighted by Crippen LogP contribution is -2.38. The standard InChI is InChI=1S/C17H29N3O2/c1-4-21-13-7-11-19-17(18-3)20-12-8-14-22-16-10-6-5-9-15(16)2/h5-6,9-10H,4,7-8,11-14H2,1-3H3,(H2,18,19,20). The molecule has 2 N–H and O–H groups in total. The van der Waals surface area contributed by atoms with Crippen molar-refractivity contribution in [3.63, 3.8) is 0 Å². The van der Waals surface area contributed by atoms with E-state index in [1.165, 1.54) is 5.56 Å². The van der Waals surface area contributed by atoms with Crippen LogP contribution < -0.4 is 15.4 Å². The fourth-order valence-corrected chi connectivity index (χ4v) is 1.93. The summed E-state index contributed by atoms with van der Waals surface area (Å²) in [7, 11) is 1.78. The number of para-hydroxylation sites is 1. The Morgan fingerprint density at radius 2 is 1.77 bits per heavy atom. The van der Waals surface area contributed by atoms with Gasteiger partial charge in [-0.15, -0.1) is 0 Å². The number of aryl methyl sites for hydroxylation is 1. The molecule has 0 aliphatic rings. The minimum Gasteiger partial charge on any atom is -0.493 e. The maximum atomic E-state index is 5.76. The molecule has 0 fully saturated rings. The van der Waals surface area contributed by atoms with Gasteiger partial charge in [-0.3, -0.25) is 4.99 Å². The molecule has 1 rings (SSSR count). The van der Waals surface area contributed by atoms with Gasteiger partial charge in [-0.1, -0.05) is 18.2 Å². The lowest BCUT2D eigenvalue weighted by atomic mass is 10.2. The number of guanidine groups is 1. The van der Waals surface area contributed by atoms with Crippen LogP contribution >= 0.6 is 0 Å². The van der Waals surface area contributed by atoms with Crippen molar-refractivity contribution in [3.8, 4) is 5.75 Å². The zero-order valence-corrected chi connectivity index (χ0v) is 14.0. The van der Waals surface area contributed by atoms with E-state index >= 15 is 0 Å². The molecular weight excluding hydrogens is 278 g/mol. The molecule has 124 valence electrons. The van der Waals surface area contributed by atoms with E-state index in [9.17, 15) is 0 Å². The Morgan fingerprint density at radius 1 is 1.09 bits per heavy atom. The Morgan fingerprint density at radius 3 is 2.41 bits per heavy atom. The first-order valence-electron chi connectivity index (χ1n) is 7.98. The first-order valence-corrected chi connectivity index (χ1v) is 7.98. The molecule has 1 aromatic carbocycles. The molecule has 0 heterocycles. The number of ether oxygens (including phenoxy) is 2. The molecule has 1 aromatic rings. The third-order valence-electron chi connectivity index (χ3n) is 3.15. The summed E-state index contributed by atoms with van der Waals surface area (Å²) in [5.41, 5.74) is 1.17. The molecule has 5 nitrogen and oxygen atoms in total. The summed E-state index contributed by atoms with van der Waals surface area (Å²) in [5, 5.41) is 6.54. The van der Waals surface area contributed by atoms with Gasteiger partial charge in [0.15, 0.2) is 5.96 Å². The van der Waals surface area contributed by atoms with Crippen LogP contribution in [0.5, 0.6) is 5.75 Å². The highest BCUT2D eigenvalue weighted by Gasteiger charge is 1.99. The molecule has 0 unspecified atom stereocenters. The van der Waals surface area contributed by atoms with E-state index in [-0.39, 0.29) is 0 Å². The van der Waals surface area contributed by atoms with Crippen LogP contribution in [-0.4, -0.2) is 45.9 Å². The van der Waals surface area contributed by atoms with Gasteiger partial charge in [0.1, 0.15) is 5.75 Å². The Balaban J connectivity index is 2.08. The van der Waals surface area contributed by atoms with Gasteiger partial charge in [0, 0.05) is 33.4 Å². The van der Waals surface area contributed by atoms with E-state index < -0.39 is 0 Å². The van der Waals surface area contributed by atoms with Gasteiger partial charge >= 0.3 is 0 Å². The van der Waals surface area contributed by atoms with E-state index in [0.717, 1.165) is 50.9 Å². The SMILES string of the molecule is CCOCCCNC(=NC)NCCCOc1ccccc1C. The topological polar surface area (TPSA) is 54.9 Å². The Kier molecular flexibility index (Phi) is 9.87. The van der Waals surface area contributed by atoms with Gasteiger partial charge in [-0.25, -0.2) is 0 Å². The molecule has 0 amide bonds. The zero-order chi connectivity index (χ0) is 16.0. The summed E-state index contributed by atoms with van der Waals surface area (Å²) in [5.74, 6) is 1.79. The second-order valence-electron chi connectivity index (χ2n) is 4.94. The van der Waals surface area contributed by atoms with Gasteiger partial charge < -0.3 is 20.1 Å². The van der Waals surface area contributed by atoms with Crippen LogP contribution in [0.1, 0.15) is 25.3 Å². The van der Waals surface area contributed by atoms with E-state index in [2.05, 4.69) is 28.6 Å². The van der Waals surface area contributed by atoms with Crippen molar-refractivity contribution >= 4 is 5.96 Å². The fourth-order valence-electron chi connectivity index (χ4n) is 1.93. The van der Waals surface area contributed by atoms with Gasteiger partial charge in [-0.2, -0.15) is 0 Å². The summed E-state index contributed by atoms with van der Waals surface area (Å²) in [6.45, 7) is 8.00. The van der Waals surface area contributed by atoms with Crippen LogP contribution in [0, 0.1) is 6.92 Å². The molecule has 0 spiro atoms. The van der Waals surface area contributed by atoms with Crippen LogP contribution in [0.3, 0.4) is 0 Å². The molecule has 0 aliphatic heterocycles. The second kappa shape index (κ2) is 11.9. The van der Waals surface area contributed by atoms with Crippen molar-refractivity contribution in [2.75, 3.05) is 40.0 Å². The predicted molar refractivity (Wildman–Crippen MR) is 91.8 cm³/mol. The predicted octanol–water partition coefficient (Wildman–Crippen LogP) is 2.36. The van der Waals surface area contributed by atoms with Gasteiger partial charge in [-0.05, 0) is 38.3 Å². The highest BCUT2D eigenvalue weighted by Crippen LogP contribution is 2.15. The maximum absolute atomic E-state index is 5.76. The number of nitrogens with one attached hydrogen (secondary N) is 2. The number of aliphatic imine (C=N–C) groups is 1. The summed E-state index contributed by atoms with van der Waals surface area (Å²) < 4.78 is 11.1. The van der Waals surface area contributed by atoms with E-state index in [1.54, 1.807) is 7.05 Å². The monoisotopic (exact) mass is 307 g/mol. The largest absolute Gasteiger partial charge is 0.493 e.